The third kappa shape index (κ3) is 2.40. The van der Waals surface area contributed by atoms with Gasteiger partial charge in [0.1, 0.15) is 17.9 Å². The van der Waals surface area contributed by atoms with Gasteiger partial charge in [0.2, 0.25) is 11.8 Å². The zero-order valence-electron chi connectivity index (χ0n) is 12.1. The Balaban J connectivity index is 2.52. The van der Waals surface area contributed by atoms with Crippen LogP contribution in [0.2, 0.25) is 0 Å². The van der Waals surface area contributed by atoms with Crippen LogP contribution >= 0.6 is 0 Å². The van der Waals surface area contributed by atoms with E-state index < -0.39 is 12.1 Å². The average molecular weight is 278 g/mol. The number of rotatable bonds is 2. The molecule has 0 bridgehead atoms. The van der Waals surface area contributed by atoms with Gasteiger partial charge in [-0.1, -0.05) is 13.8 Å². The van der Waals surface area contributed by atoms with Crippen molar-refractivity contribution in [1.29, 1.82) is 0 Å². The van der Waals surface area contributed by atoms with Gasteiger partial charge in [-0.2, -0.15) is 0 Å². The molecular formula is C15H19FN2O2. The number of carbonyl (C=O) groups is 2. The minimum atomic E-state index is -0.568. The fourth-order valence-electron chi connectivity index (χ4n) is 2.58. The number of hydrogen-bond donors (Lipinski definition) is 1. The van der Waals surface area contributed by atoms with Crippen molar-refractivity contribution in [1.82, 2.24) is 5.32 Å². The van der Waals surface area contributed by atoms with Crippen LogP contribution in [0.5, 0.6) is 0 Å². The lowest BCUT2D eigenvalue weighted by molar-refractivity contribution is -0.134. The van der Waals surface area contributed by atoms with Crippen molar-refractivity contribution in [2.24, 2.45) is 5.92 Å². The van der Waals surface area contributed by atoms with E-state index in [2.05, 4.69) is 5.32 Å². The summed E-state index contributed by atoms with van der Waals surface area (Å²) in [6, 6.07) is 3.11. The highest BCUT2D eigenvalue weighted by Crippen LogP contribution is 2.28. The molecule has 4 nitrogen and oxygen atoms in total. The van der Waals surface area contributed by atoms with Crippen LogP contribution in [-0.2, 0) is 9.59 Å². The maximum Gasteiger partial charge on any atom is 0.250 e. The molecule has 0 spiro atoms. The van der Waals surface area contributed by atoms with E-state index in [0.717, 1.165) is 0 Å². The molecule has 2 atom stereocenters. The Morgan fingerprint density at radius 2 is 1.95 bits per heavy atom. The van der Waals surface area contributed by atoms with Crippen LogP contribution in [0.25, 0.3) is 0 Å². The summed E-state index contributed by atoms with van der Waals surface area (Å²) in [7, 11) is 0. The molecule has 1 aromatic carbocycles. The number of piperazine rings is 1. The summed E-state index contributed by atoms with van der Waals surface area (Å²) in [5.74, 6) is -0.723. The SMILES string of the molecule is Cc1cc(F)ccc1N1C(=O)C(C)NC(=O)C1C(C)C. The quantitative estimate of drug-likeness (QED) is 0.899. The first kappa shape index (κ1) is 14.5. The molecule has 2 amide bonds. The third-order valence-electron chi connectivity index (χ3n) is 3.56. The van der Waals surface area contributed by atoms with Gasteiger partial charge in [-0.05, 0) is 43.5 Å². The predicted molar refractivity (Wildman–Crippen MR) is 74.9 cm³/mol. The van der Waals surface area contributed by atoms with E-state index in [1.54, 1.807) is 19.9 Å². The van der Waals surface area contributed by atoms with E-state index in [1.807, 2.05) is 13.8 Å². The van der Waals surface area contributed by atoms with Gasteiger partial charge in [-0.15, -0.1) is 0 Å². The summed E-state index contributed by atoms with van der Waals surface area (Å²) >= 11 is 0. The largest absolute Gasteiger partial charge is 0.343 e. The number of hydrogen-bond acceptors (Lipinski definition) is 2. The molecule has 0 aliphatic carbocycles. The number of anilines is 1. The minimum absolute atomic E-state index is 0.0316. The molecular weight excluding hydrogens is 259 g/mol. The van der Waals surface area contributed by atoms with Crippen molar-refractivity contribution in [2.75, 3.05) is 4.90 Å². The molecule has 1 saturated heterocycles. The topological polar surface area (TPSA) is 49.4 Å². The number of amides is 2. The first-order valence-corrected chi connectivity index (χ1v) is 6.72. The highest BCUT2D eigenvalue weighted by molar-refractivity contribution is 6.08. The van der Waals surface area contributed by atoms with Gasteiger partial charge in [0.15, 0.2) is 0 Å². The molecule has 1 aliphatic rings. The van der Waals surface area contributed by atoms with Crippen molar-refractivity contribution < 1.29 is 14.0 Å². The molecule has 2 unspecified atom stereocenters. The maximum absolute atomic E-state index is 13.2. The van der Waals surface area contributed by atoms with E-state index in [4.69, 9.17) is 0 Å². The number of nitrogens with one attached hydrogen (secondary N) is 1. The van der Waals surface area contributed by atoms with Crippen LogP contribution in [0.4, 0.5) is 10.1 Å². The van der Waals surface area contributed by atoms with E-state index in [9.17, 15) is 14.0 Å². The Bertz CT molecular complexity index is 557. The van der Waals surface area contributed by atoms with Crippen LogP contribution in [0, 0.1) is 18.7 Å². The Kier molecular flexibility index (Phi) is 3.79. The highest BCUT2D eigenvalue weighted by atomic mass is 19.1. The van der Waals surface area contributed by atoms with Crippen molar-refractivity contribution in [3.63, 3.8) is 0 Å². The second-order valence-corrected chi connectivity index (χ2v) is 5.56. The molecule has 0 radical (unpaired) electrons. The summed E-state index contributed by atoms with van der Waals surface area (Å²) in [6.45, 7) is 7.17. The fourth-order valence-corrected chi connectivity index (χ4v) is 2.58. The lowest BCUT2D eigenvalue weighted by atomic mass is 9.95. The first-order valence-electron chi connectivity index (χ1n) is 6.72. The molecule has 0 saturated carbocycles. The fraction of sp³-hybridized carbons (Fsp3) is 0.467. The normalized spacial score (nSPS) is 23.2. The lowest BCUT2D eigenvalue weighted by Gasteiger charge is -2.40. The maximum atomic E-state index is 13.2. The standard InChI is InChI=1S/C15H19FN2O2/c1-8(2)13-14(19)17-10(4)15(20)18(13)12-6-5-11(16)7-9(12)3/h5-8,10,13H,1-4H3,(H,17,19). The molecule has 20 heavy (non-hydrogen) atoms. The molecule has 1 aliphatic heterocycles. The summed E-state index contributed by atoms with van der Waals surface area (Å²) in [4.78, 5) is 26.1. The number of benzene rings is 1. The summed E-state index contributed by atoms with van der Waals surface area (Å²) in [5.41, 5.74) is 1.24. The highest BCUT2D eigenvalue weighted by Gasteiger charge is 2.41. The van der Waals surface area contributed by atoms with E-state index >= 15 is 0 Å². The van der Waals surface area contributed by atoms with Crippen molar-refractivity contribution in [2.45, 2.75) is 39.8 Å². The van der Waals surface area contributed by atoms with Crippen LogP contribution in [0.15, 0.2) is 18.2 Å². The van der Waals surface area contributed by atoms with Crippen LogP contribution < -0.4 is 10.2 Å². The van der Waals surface area contributed by atoms with E-state index in [0.29, 0.717) is 11.3 Å². The lowest BCUT2D eigenvalue weighted by Crippen LogP contribution is -2.64. The zero-order chi connectivity index (χ0) is 15.0. The molecule has 1 fully saturated rings. The molecule has 1 N–H and O–H groups in total. The Labute approximate surface area is 118 Å². The van der Waals surface area contributed by atoms with Crippen molar-refractivity contribution >= 4 is 17.5 Å². The van der Waals surface area contributed by atoms with Gasteiger partial charge in [0, 0.05) is 5.69 Å². The van der Waals surface area contributed by atoms with Gasteiger partial charge < -0.3 is 5.32 Å². The van der Waals surface area contributed by atoms with Gasteiger partial charge in [-0.25, -0.2) is 4.39 Å². The van der Waals surface area contributed by atoms with E-state index in [-0.39, 0.29) is 23.5 Å². The molecule has 2 rings (SSSR count). The number of aryl methyl sites for hydroxylation is 1. The molecule has 1 heterocycles. The Hall–Kier alpha value is -1.91. The van der Waals surface area contributed by atoms with Crippen LogP contribution in [0.3, 0.4) is 0 Å². The monoisotopic (exact) mass is 278 g/mol. The summed E-state index contributed by atoms with van der Waals surface area (Å²) in [6.07, 6.45) is 0. The molecule has 5 heteroatoms. The van der Waals surface area contributed by atoms with Gasteiger partial charge >= 0.3 is 0 Å². The van der Waals surface area contributed by atoms with E-state index in [1.165, 1.54) is 17.0 Å². The zero-order valence-corrected chi connectivity index (χ0v) is 12.1. The number of halogens is 1. The summed E-state index contributed by atoms with van der Waals surface area (Å²) < 4.78 is 13.2. The number of nitrogens with zero attached hydrogens (tertiary/aromatic N) is 1. The average Bonchev–Trinajstić information content (AvgIpc) is 2.33. The van der Waals surface area contributed by atoms with Gasteiger partial charge in [-0.3, -0.25) is 14.5 Å². The molecule has 108 valence electrons. The molecule has 1 aromatic rings. The predicted octanol–water partition coefficient (Wildman–Crippen LogP) is 2.01. The van der Waals surface area contributed by atoms with Crippen molar-refractivity contribution in [3.8, 4) is 0 Å². The molecule has 0 aromatic heterocycles. The van der Waals surface area contributed by atoms with Crippen molar-refractivity contribution in [3.05, 3.63) is 29.6 Å². The first-order chi connectivity index (χ1) is 9.32. The Morgan fingerprint density at radius 3 is 2.50 bits per heavy atom. The smallest absolute Gasteiger partial charge is 0.250 e. The number of carbonyl (C=O) groups excluding carboxylic acids is 2. The minimum Gasteiger partial charge on any atom is -0.343 e. The van der Waals surface area contributed by atoms with Gasteiger partial charge in [0.25, 0.3) is 0 Å². The Morgan fingerprint density at radius 1 is 1.30 bits per heavy atom. The second kappa shape index (κ2) is 5.23. The van der Waals surface area contributed by atoms with Crippen LogP contribution in [-0.4, -0.2) is 23.9 Å². The van der Waals surface area contributed by atoms with Crippen LogP contribution in [0.1, 0.15) is 26.3 Å². The van der Waals surface area contributed by atoms with Gasteiger partial charge in [0.05, 0.1) is 0 Å². The second-order valence-electron chi connectivity index (χ2n) is 5.56. The summed E-state index contributed by atoms with van der Waals surface area (Å²) in [5, 5.41) is 2.69. The third-order valence-corrected chi connectivity index (χ3v) is 3.56.